The maximum absolute atomic E-state index is 12.3. The van der Waals surface area contributed by atoms with Crippen LogP contribution in [0.15, 0.2) is 85.5 Å². The molecule has 0 saturated carbocycles. The molecule has 5 aromatic rings. The molecule has 40 heteroatoms. The molecule has 0 radical (unpaired) electrons. The first-order chi connectivity index (χ1) is 54.6. The van der Waals surface area contributed by atoms with E-state index in [2.05, 4.69) is 125 Å². The van der Waals surface area contributed by atoms with Gasteiger partial charge in [0.1, 0.15) is 91.6 Å². The van der Waals surface area contributed by atoms with Gasteiger partial charge in [-0.15, -0.1) is 65.9 Å². The molecule has 0 aromatic carbocycles. The molecule has 5 aliphatic heterocycles. The zero-order valence-corrected chi connectivity index (χ0v) is 75.1. The third kappa shape index (κ3) is 27.3. The zero-order valence-electron chi connectivity index (χ0n) is 70.6. The van der Waals surface area contributed by atoms with Gasteiger partial charge in [0.2, 0.25) is 0 Å². The van der Waals surface area contributed by atoms with E-state index in [1.54, 1.807) is 6.92 Å². The van der Waals surface area contributed by atoms with Crippen LogP contribution in [0, 0.1) is 0 Å². The Morgan fingerprint density at radius 1 is 0.364 bits per heavy atom. The maximum atomic E-state index is 12.3. The smallest absolute Gasteiger partial charge is 0.332 e. The monoisotopic (exact) mass is 1760 g/mol. The number of nitrogens with zero attached hydrogens (tertiary/aromatic N) is 6. The fraction of sp³-hybridized carbons (Fsp3) is 0.654. The topological polar surface area (TPSA) is 512 Å². The summed E-state index contributed by atoms with van der Waals surface area (Å²) >= 11 is 0. The highest BCUT2D eigenvalue weighted by Crippen LogP contribution is 2.45. The number of aromatic amines is 4. The van der Waals surface area contributed by atoms with Gasteiger partial charge in [-0.25, -0.2) is 24.0 Å². The van der Waals surface area contributed by atoms with Crippen molar-refractivity contribution < 1.29 is 74.7 Å². The van der Waals surface area contributed by atoms with Crippen LogP contribution in [0.4, 0.5) is 0 Å². The Kier molecular flexibility index (Phi) is 36.3. The summed E-state index contributed by atoms with van der Waals surface area (Å²) in [4.78, 5) is 128. The summed E-state index contributed by atoms with van der Waals surface area (Å²) in [5.41, 5.74) is -4.72. The molecule has 118 heavy (non-hydrogen) atoms. The Bertz CT molecular complexity index is 5160. The van der Waals surface area contributed by atoms with Crippen molar-refractivity contribution in [2.24, 2.45) is 14.1 Å². The maximum Gasteiger partial charge on any atom is 0.332 e. The molecule has 0 unspecified atom stereocenters. The van der Waals surface area contributed by atoms with Crippen LogP contribution in [0.1, 0.15) is 130 Å². The summed E-state index contributed by atoms with van der Waals surface area (Å²) in [6.45, 7) is 25.0. The minimum absolute atomic E-state index is 0.0854. The van der Waals surface area contributed by atoms with E-state index in [-0.39, 0.29) is 27.8 Å². The number of ether oxygens (including phenoxy) is 5. The van der Waals surface area contributed by atoms with Gasteiger partial charge in [-0.2, -0.15) is 0 Å². The third-order valence-corrected chi connectivity index (χ3v) is 28.1. The second-order valence-corrected chi connectivity index (χ2v) is 56.0. The van der Waals surface area contributed by atoms with Crippen molar-refractivity contribution in [3.8, 4) is 0 Å². The highest BCUT2D eigenvalue weighted by Gasteiger charge is 2.49. The molecule has 20 atom stereocenters. The lowest BCUT2D eigenvalue weighted by Crippen LogP contribution is -2.40. The second kappa shape index (κ2) is 42.4. The van der Waals surface area contributed by atoms with Gasteiger partial charge in [0.15, 0.2) is 0 Å². The van der Waals surface area contributed by atoms with Crippen LogP contribution in [0.25, 0.3) is 6.20 Å². The molecule has 0 amide bonds. The van der Waals surface area contributed by atoms with Gasteiger partial charge in [-0.1, -0.05) is 26.8 Å². The van der Waals surface area contributed by atoms with Crippen molar-refractivity contribution in [3.63, 3.8) is 0 Å². The molecule has 5 aromatic heterocycles. The number of aliphatic hydroxyl groups excluding tert-OH is 10. The molecular formula is C78H129N10O25P5. The van der Waals surface area contributed by atoms with E-state index in [0.29, 0.717) is 51.7 Å². The first kappa shape index (κ1) is 101. The SMILES string of the molecule is C=Cn1cc([C@@H]2O[C@H](CCP(=C)(C)C)[C@@H](O)[C@H]2O)c(=O)[nH]c1=O.C=P(C)(C)CC[C@H]1O[C@@H](c2cn(C)c(=O)n(C)c2=O)[C@H](O)[C@@H]1O.C=P(C)(C)CC[C@H]1O[C@@H](c2cn(CC)c(=O)[nH]c2=O)[C@H](O)[C@@H]1O.C=P(C)(C)CC[C@H]1O[C@@H](c2cn(CCC)c(=O)[nH]c2=O)[C@H](O)[C@@H]1O.C=P(C)(C)CC[C@H]1O[C@@H](c2cn(CCCC)c(=O)[nH]c2=O)[C@H](O)[C@@H]1O. The number of H-pyrrole nitrogens is 4. The number of hydrogen-bond donors (Lipinski definition) is 14. The van der Waals surface area contributed by atoms with E-state index in [9.17, 15) is 99.0 Å². The number of aryl methyl sites for hydroxylation is 4. The molecule has 5 aliphatic rings. The summed E-state index contributed by atoms with van der Waals surface area (Å²) in [6, 6.07) is 0. The third-order valence-electron chi connectivity index (χ3n) is 20.8. The second-order valence-electron chi connectivity index (χ2n) is 34.5. The number of aliphatic hydroxyl groups is 10. The predicted molar refractivity (Wildman–Crippen MR) is 474 cm³/mol. The molecular weight excluding hydrogens is 1630 g/mol. The summed E-state index contributed by atoms with van der Waals surface area (Å²) in [5.74, 6) is 0. The lowest BCUT2D eigenvalue weighted by molar-refractivity contribution is 0.00476. The zero-order chi connectivity index (χ0) is 89.1. The number of rotatable bonds is 27. The fourth-order valence-corrected chi connectivity index (χ4v) is 18.6. The average molecular weight is 1760 g/mol. The van der Waals surface area contributed by atoms with Crippen LogP contribution in [0.2, 0.25) is 0 Å². The minimum atomic E-state index is -1.28. The van der Waals surface area contributed by atoms with Crippen molar-refractivity contribution in [3.05, 3.63) is 170 Å². The Morgan fingerprint density at radius 3 is 0.898 bits per heavy atom. The Morgan fingerprint density at radius 2 is 0.627 bits per heavy atom. The Hall–Kier alpha value is -5.96. The van der Waals surface area contributed by atoms with Gasteiger partial charge in [0.25, 0.3) is 27.8 Å². The van der Waals surface area contributed by atoms with E-state index in [1.165, 1.54) is 69.5 Å². The number of nitrogens with one attached hydrogen (secondary N) is 4. The highest BCUT2D eigenvalue weighted by atomic mass is 31.2. The molecule has 5 fully saturated rings. The van der Waals surface area contributed by atoms with Gasteiger partial charge in [-0.05, 0) is 149 Å². The molecule has 35 nitrogen and oxygen atoms in total. The van der Waals surface area contributed by atoms with Crippen molar-refractivity contribution >= 4 is 72.1 Å². The summed E-state index contributed by atoms with van der Waals surface area (Å²) in [7, 11) is 2.90. The predicted octanol–water partition coefficient (Wildman–Crippen LogP) is -0.134. The first-order valence-corrected chi connectivity index (χ1v) is 54.5. The number of unbranched alkanes of at least 4 members (excludes halogenated alkanes) is 1. The molecule has 5 saturated heterocycles. The number of hydrogen-bond acceptors (Lipinski definition) is 25. The molecule has 0 spiro atoms. The molecule has 0 bridgehead atoms. The van der Waals surface area contributed by atoms with Gasteiger partial charge in [-0.3, -0.25) is 53.0 Å². The quantitative estimate of drug-likeness (QED) is 0.0304. The van der Waals surface area contributed by atoms with Crippen LogP contribution in [0.3, 0.4) is 0 Å². The largest absolute Gasteiger partial charge is 0.388 e. The van der Waals surface area contributed by atoms with Crippen LogP contribution in [-0.4, -0.2) is 319 Å². The minimum Gasteiger partial charge on any atom is -0.388 e. The van der Waals surface area contributed by atoms with E-state index >= 15 is 0 Å². The highest BCUT2D eigenvalue weighted by molar-refractivity contribution is 7.73. The number of aromatic nitrogens is 10. The van der Waals surface area contributed by atoms with E-state index in [1.807, 2.05) is 13.8 Å². The van der Waals surface area contributed by atoms with Gasteiger partial charge >= 0.3 is 28.4 Å². The van der Waals surface area contributed by atoms with Crippen molar-refractivity contribution in [1.82, 2.24) is 47.3 Å². The molecule has 14 N–H and O–H groups in total. The van der Waals surface area contributed by atoms with Crippen LogP contribution in [-0.2, 0) is 57.4 Å². The van der Waals surface area contributed by atoms with Crippen molar-refractivity contribution in [2.45, 2.75) is 214 Å². The van der Waals surface area contributed by atoms with Crippen LogP contribution >= 0.6 is 34.4 Å². The summed E-state index contributed by atoms with van der Waals surface area (Å²) in [6.07, 6.45) is 19.3. The molecule has 0 aliphatic carbocycles. The van der Waals surface area contributed by atoms with E-state index in [4.69, 9.17) is 23.7 Å². The molecule has 666 valence electrons. The lowest BCUT2D eigenvalue weighted by atomic mass is 10.0. The van der Waals surface area contributed by atoms with Crippen LogP contribution in [0.5, 0.6) is 0 Å². The Balaban J connectivity index is 0.000000229. The standard InChI is InChI=1S/C17H29N2O5P.C16H27N2O5P.2C15H25N2O5P.C15H23N2O5P/c1-5-6-8-19-10-11(16(22)18-17(19)23)15-14(21)13(20)12(24-15)7-9-25(2,3)4;1-5-7-18-9-10(15(21)17-16(18)22)14-13(20)12(19)11(23-14)6-8-24(2,3)4;1-16-8-9(14(20)17(2)15(16)21)13-12(19)11(18)10(22-13)6-7-23(3,4)5;2*1-5-17-8-9(14(20)16-15(17)21)13-12(19)11(18)10(22-13)6-7-23(2,3)4/h10,12-15,20-21H,2,5-9H2,1,3-4H3,(H,18,22,23);9,11-14,19-20H,2,5-8H2,1,3-4H3,(H,17,21,22);8,10-13,18-19H,3,6-7H2,1-2,4-5H3;8,10-13,18-19H,2,5-7H2,1,3-4H3,(H,16,20,21);5,8,10-13,18-19H,1-2,6-7H2,3-4H3,(H,16,20,21)/t12-,13-,14-,15+;11-,12-,13-,14+;3*10-,11-,12-,13+/m11111/s1. The summed E-state index contributed by atoms with van der Waals surface area (Å²) < 4.78 is 36.2. The Labute approximate surface area is 685 Å². The van der Waals surface area contributed by atoms with E-state index in [0.717, 1.165) is 59.2 Å². The molecule has 10 heterocycles. The molecule has 10 rings (SSSR count). The fourth-order valence-electron chi connectivity index (χ4n) is 13.8. The van der Waals surface area contributed by atoms with Crippen molar-refractivity contribution in [2.75, 3.05) is 97.5 Å². The normalized spacial score (nSPS) is 27.8. The average Bonchev–Trinajstić information content (AvgIpc) is 1.60. The lowest BCUT2D eigenvalue weighted by Gasteiger charge is -2.18. The van der Waals surface area contributed by atoms with Crippen LogP contribution < -0.4 is 56.2 Å². The van der Waals surface area contributed by atoms with Crippen molar-refractivity contribution in [1.29, 1.82) is 0 Å². The van der Waals surface area contributed by atoms with Gasteiger partial charge in [0.05, 0.1) is 58.3 Å². The first-order valence-electron chi connectivity index (χ1n) is 39.3. The van der Waals surface area contributed by atoms with Gasteiger partial charge < -0.3 is 93.0 Å². The van der Waals surface area contributed by atoms with E-state index < -0.39 is 213 Å². The van der Waals surface area contributed by atoms with Gasteiger partial charge in [0, 0.05) is 70.9 Å². The summed E-state index contributed by atoms with van der Waals surface area (Å²) in [5, 5.41) is 102.